The number of ketones is 1. The lowest BCUT2D eigenvalue weighted by atomic mass is 10.1. The molecule has 0 fully saturated rings. The van der Waals surface area contributed by atoms with Crippen LogP contribution in [0.5, 0.6) is 0 Å². The van der Waals surface area contributed by atoms with Gasteiger partial charge in [0.1, 0.15) is 5.78 Å². The van der Waals surface area contributed by atoms with Gasteiger partial charge in [-0.25, -0.2) is 13.1 Å². The maximum absolute atomic E-state index is 12.1. The van der Waals surface area contributed by atoms with Crippen LogP contribution in [-0.4, -0.2) is 20.2 Å². The Morgan fingerprint density at radius 3 is 1.87 bits per heavy atom. The Labute approximate surface area is 138 Å². The van der Waals surface area contributed by atoms with E-state index >= 15 is 0 Å². The number of rotatable bonds is 5. The van der Waals surface area contributed by atoms with Gasteiger partial charge in [-0.2, -0.15) is 0 Å². The van der Waals surface area contributed by atoms with E-state index in [1.807, 2.05) is 44.2 Å². The summed E-state index contributed by atoms with van der Waals surface area (Å²) >= 11 is 0. The van der Waals surface area contributed by atoms with Crippen molar-refractivity contribution in [2.75, 3.05) is 0 Å². The molecule has 0 aliphatic heterocycles. The summed E-state index contributed by atoms with van der Waals surface area (Å²) in [4.78, 5) is 11.3. The molecule has 2 aromatic carbocycles. The second-order valence-electron chi connectivity index (χ2n) is 4.84. The molecule has 2 aromatic rings. The van der Waals surface area contributed by atoms with E-state index in [1.165, 1.54) is 26.0 Å². The molecule has 0 spiro atoms. The van der Waals surface area contributed by atoms with Gasteiger partial charge in [0, 0.05) is 0 Å². The van der Waals surface area contributed by atoms with Crippen LogP contribution < -0.4 is 4.72 Å². The van der Waals surface area contributed by atoms with Gasteiger partial charge in [0.05, 0.1) is 10.9 Å². The zero-order chi connectivity index (χ0) is 17.5. The maximum atomic E-state index is 12.1. The molecular formula is C18H23NO3S. The number of sulfonamides is 1. The first-order valence-electron chi connectivity index (χ1n) is 7.58. The number of nitrogens with one attached hydrogen (secondary N) is 1. The van der Waals surface area contributed by atoms with Gasteiger partial charge in [0.25, 0.3) is 0 Å². The van der Waals surface area contributed by atoms with Crippen LogP contribution in [0.2, 0.25) is 0 Å². The first-order chi connectivity index (χ1) is 10.9. The summed E-state index contributed by atoms with van der Waals surface area (Å²) in [5.74, 6) is -0.223. The van der Waals surface area contributed by atoms with Gasteiger partial charge < -0.3 is 0 Å². The topological polar surface area (TPSA) is 63.2 Å². The largest absolute Gasteiger partial charge is 0.298 e. The Hall–Kier alpha value is -1.98. The van der Waals surface area contributed by atoms with Gasteiger partial charge in [0.2, 0.25) is 10.0 Å². The van der Waals surface area contributed by atoms with Crippen molar-refractivity contribution in [3.63, 3.8) is 0 Å². The summed E-state index contributed by atoms with van der Waals surface area (Å²) < 4.78 is 26.6. The van der Waals surface area contributed by atoms with E-state index < -0.39 is 16.1 Å². The summed E-state index contributed by atoms with van der Waals surface area (Å²) in [6, 6.07) is 15.5. The number of carbonyl (C=O) groups excluding carboxylic acids is 1. The molecule has 0 radical (unpaired) electrons. The van der Waals surface area contributed by atoms with E-state index in [2.05, 4.69) is 4.72 Å². The van der Waals surface area contributed by atoms with Gasteiger partial charge in [-0.15, -0.1) is 0 Å². The van der Waals surface area contributed by atoms with E-state index in [1.54, 1.807) is 12.1 Å². The summed E-state index contributed by atoms with van der Waals surface area (Å²) in [6.07, 6.45) is 0. The van der Waals surface area contributed by atoms with Crippen molar-refractivity contribution in [3.8, 4) is 11.1 Å². The highest BCUT2D eigenvalue weighted by atomic mass is 32.2. The highest BCUT2D eigenvalue weighted by Crippen LogP contribution is 2.21. The Kier molecular flexibility index (Phi) is 7.13. The molecule has 1 unspecified atom stereocenters. The van der Waals surface area contributed by atoms with Crippen LogP contribution in [0.4, 0.5) is 0 Å². The summed E-state index contributed by atoms with van der Waals surface area (Å²) in [5.41, 5.74) is 1.96. The van der Waals surface area contributed by atoms with Crippen molar-refractivity contribution in [3.05, 3.63) is 54.6 Å². The highest BCUT2D eigenvalue weighted by molar-refractivity contribution is 7.89. The Balaban J connectivity index is 0.00000127. The Bertz CT molecular complexity index is 723. The predicted molar refractivity (Wildman–Crippen MR) is 93.7 cm³/mol. The monoisotopic (exact) mass is 333 g/mol. The number of hydrogen-bond acceptors (Lipinski definition) is 3. The fourth-order valence-corrected chi connectivity index (χ4v) is 3.10. The zero-order valence-electron chi connectivity index (χ0n) is 13.9. The first-order valence-corrected chi connectivity index (χ1v) is 9.07. The molecule has 0 aliphatic rings. The SMILES string of the molecule is CC.CC(=O)C(C)NS(=O)(=O)c1ccc(-c2ccccc2)cc1. The van der Waals surface area contributed by atoms with Crippen LogP contribution in [0.15, 0.2) is 59.5 Å². The summed E-state index contributed by atoms with van der Waals surface area (Å²) in [5, 5.41) is 0. The average Bonchev–Trinajstić information content (AvgIpc) is 2.57. The molecule has 0 saturated heterocycles. The molecule has 0 saturated carbocycles. The molecule has 0 aliphatic carbocycles. The van der Waals surface area contributed by atoms with Crippen LogP contribution in [0.3, 0.4) is 0 Å². The number of hydrogen-bond donors (Lipinski definition) is 1. The fourth-order valence-electron chi connectivity index (χ4n) is 1.84. The third kappa shape index (κ3) is 5.30. The third-order valence-electron chi connectivity index (χ3n) is 3.21. The molecule has 5 heteroatoms. The highest BCUT2D eigenvalue weighted by Gasteiger charge is 2.19. The smallest absolute Gasteiger partial charge is 0.241 e. The van der Waals surface area contributed by atoms with Gasteiger partial charge in [-0.1, -0.05) is 56.3 Å². The molecule has 23 heavy (non-hydrogen) atoms. The van der Waals surface area contributed by atoms with E-state index in [0.717, 1.165) is 11.1 Å². The minimum atomic E-state index is -3.67. The lowest BCUT2D eigenvalue weighted by Crippen LogP contribution is -2.37. The minimum Gasteiger partial charge on any atom is -0.298 e. The number of carbonyl (C=O) groups is 1. The molecule has 4 nitrogen and oxygen atoms in total. The van der Waals surface area contributed by atoms with Gasteiger partial charge >= 0.3 is 0 Å². The van der Waals surface area contributed by atoms with Crippen LogP contribution in [-0.2, 0) is 14.8 Å². The second-order valence-corrected chi connectivity index (χ2v) is 6.56. The van der Waals surface area contributed by atoms with E-state index in [0.29, 0.717) is 0 Å². The van der Waals surface area contributed by atoms with Crippen molar-refractivity contribution in [1.82, 2.24) is 4.72 Å². The zero-order valence-corrected chi connectivity index (χ0v) is 14.7. The lowest BCUT2D eigenvalue weighted by Gasteiger charge is -2.11. The lowest BCUT2D eigenvalue weighted by molar-refractivity contribution is -0.118. The number of Topliss-reactive ketones (excluding diaryl/α,β-unsaturated/α-hetero) is 1. The van der Waals surface area contributed by atoms with Crippen LogP contribution in [0.25, 0.3) is 11.1 Å². The van der Waals surface area contributed by atoms with Crippen molar-refractivity contribution in [2.45, 2.75) is 38.6 Å². The molecule has 0 bridgehead atoms. The standard InChI is InChI=1S/C16H17NO3S.C2H6/c1-12(13(2)18)17-21(19,20)16-10-8-15(9-11-16)14-6-4-3-5-7-14;1-2/h3-12,17H,1-2H3;1-2H3. The normalized spacial score (nSPS) is 12.0. The van der Waals surface area contributed by atoms with Crippen LogP contribution in [0.1, 0.15) is 27.7 Å². The molecule has 1 atom stereocenters. The van der Waals surface area contributed by atoms with E-state index in [-0.39, 0.29) is 10.7 Å². The minimum absolute atomic E-state index is 0.148. The average molecular weight is 333 g/mol. The predicted octanol–water partition coefficient (Wildman–Crippen LogP) is 3.64. The van der Waals surface area contributed by atoms with Crippen molar-refractivity contribution in [1.29, 1.82) is 0 Å². The fraction of sp³-hybridized carbons (Fsp3) is 0.278. The quantitative estimate of drug-likeness (QED) is 0.908. The number of benzene rings is 2. The van der Waals surface area contributed by atoms with Crippen LogP contribution >= 0.6 is 0 Å². The van der Waals surface area contributed by atoms with Gasteiger partial charge in [-0.05, 0) is 37.1 Å². The van der Waals surface area contributed by atoms with Gasteiger partial charge in [0.15, 0.2) is 0 Å². The third-order valence-corrected chi connectivity index (χ3v) is 4.77. The van der Waals surface area contributed by atoms with Crippen molar-refractivity contribution in [2.24, 2.45) is 0 Å². The molecule has 124 valence electrons. The van der Waals surface area contributed by atoms with Crippen molar-refractivity contribution >= 4 is 15.8 Å². The van der Waals surface area contributed by atoms with Crippen LogP contribution in [0, 0.1) is 0 Å². The Morgan fingerprint density at radius 2 is 1.39 bits per heavy atom. The molecule has 0 aromatic heterocycles. The molecular weight excluding hydrogens is 310 g/mol. The van der Waals surface area contributed by atoms with Gasteiger partial charge in [-0.3, -0.25) is 4.79 Å². The van der Waals surface area contributed by atoms with Crippen molar-refractivity contribution < 1.29 is 13.2 Å². The molecule has 0 amide bonds. The second kappa shape index (κ2) is 8.60. The maximum Gasteiger partial charge on any atom is 0.241 e. The Morgan fingerprint density at radius 1 is 0.913 bits per heavy atom. The first kappa shape index (κ1) is 19.1. The summed E-state index contributed by atoms with van der Waals surface area (Å²) in [7, 11) is -3.67. The van der Waals surface area contributed by atoms with E-state index in [4.69, 9.17) is 0 Å². The summed E-state index contributed by atoms with van der Waals surface area (Å²) in [6.45, 7) is 6.88. The van der Waals surface area contributed by atoms with E-state index in [9.17, 15) is 13.2 Å². The molecule has 0 heterocycles. The molecule has 2 rings (SSSR count). The molecule has 1 N–H and O–H groups in total.